The number of fused-ring (bicyclic) bond motifs is 2. The van der Waals surface area contributed by atoms with Gasteiger partial charge in [0.2, 0.25) is 12.5 Å². The van der Waals surface area contributed by atoms with E-state index in [9.17, 15) is 14.7 Å². The van der Waals surface area contributed by atoms with Crippen molar-refractivity contribution in [2.75, 3.05) is 60.0 Å². The summed E-state index contributed by atoms with van der Waals surface area (Å²) >= 11 is 6.04. The molecule has 1 amide bonds. The number of aliphatic hydroxyl groups is 1. The molecule has 0 saturated heterocycles. The maximum Gasteiger partial charge on any atom is 0.447 e. The number of esters is 1. The molecule has 2 aliphatic rings. The first-order chi connectivity index (χ1) is 22.0. The molecule has 46 heavy (non-hydrogen) atoms. The van der Waals surface area contributed by atoms with E-state index < -0.39 is 18.1 Å². The van der Waals surface area contributed by atoms with E-state index in [2.05, 4.69) is 17.5 Å². The average Bonchev–Trinajstić information content (AvgIpc) is 3.03. The third-order valence-corrected chi connectivity index (χ3v) is 7.22. The first-order valence-electron chi connectivity index (χ1n) is 14.9. The van der Waals surface area contributed by atoms with Gasteiger partial charge in [0.1, 0.15) is 30.7 Å². The van der Waals surface area contributed by atoms with Crippen molar-refractivity contribution in [2.45, 2.75) is 51.7 Å². The van der Waals surface area contributed by atoms with Crippen LogP contribution in [-0.4, -0.2) is 80.3 Å². The van der Waals surface area contributed by atoms with E-state index in [1.807, 2.05) is 49.9 Å². The Morgan fingerprint density at radius 2 is 1.93 bits per heavy atom. The summed E-state index contributed by atoms with van der Waals surface area (Å²) in [5.74, 6) is 0.822. The van der Waals surface area contributed by atoms with E-state index in [4.69, 9.17) is 35.8 Å². The number of rotatable bonds is 11. The molecule has 2 aliphatic heterocycles. The molecule has 13 heteroatoms. The summed E-state index contributed by atoms with van der Waals surface area (Å²) in [7, 11) is 0. The number of amides is 1. The number of carbonyl (C=O) groups is 2. The summed E-state index contributed by atoms with van der Waals surface area (Å²) in [5.41, 5.74) is 1.41. The summed E-state index contributed by atoms with van der Waals surface area (Å²) in [4.78, 5) is 34.3. The minimum atomic E-state index is -0.982. The maximum atomic E-state index is 12.5. The SMILES string of the molecule is C=CC(=O)N(CCC#N)c1ccc2c(c1)OC([N+]#CCCN(c1ccc3c(c1)OCCN3CC(=O)OC(C)(C)C)C(O)CCl)CO2. The number of aliphatic hydroxyl groups excluding tert-OH is 1. The number of ether oxygens (including phenoxy) is 4. The number of hydrogen-bond donors (Lipinski definition) is 1. The van der Waals surface area contributed by atoms with Crippen molar-refractivity contribution in [1.82, 2.24) is 0 Å². The lowest BCUT2D eigenvalue weighted by atomic mass is 10.2. The molecule has 12 nitrogen and oxygen atoms in total. The zero-order valence-corrected chi connectivity index (χ0v) is 27.0. The van der Waals surface area contributed by atoms with Crippen LogP contribution in [0.3, 0.4) is 0 Å². The van der Waals surface area contributed by atoms with Gasteiger partial charge in [-0.05, 0) is 56.0 Å². The highest BCUT2D eigenvalue weighted by Crippen LogP contribution is 2.37. The van der Waals surface area contributed by atoms with Crippen molar-refractivity contribution in [3.8, 4) is 29.4 Å². The van der Waals surface area contributed by atoms with Crippen molar-refractivity contribution in [3.05, 3.63) is 53.9 Å². The lowest BCUT2D eigenvalue weighted by Gasteiger charge is -2.33. The summed E-state index contributed by atoms with van der Waals surface area (Å²) in [5, 5.41) is 19.7. The maximum absolute atomic E-state index is 12.5. The zero-order valence-electron chi connectivity index (χ0n) is 26.3. The molecule has 0 spiro atoms. The standard InChI is InChI=1S/C33H39ClN5O7/c1-5-30(40)38(14-6-12-35)24-9-11-26-28(19-24)45-29(22-44-26)36-13-7-15-39(31(41)20-34)23-8-10-25-27(18-23)43-17-16-37(25)21-32(42)46-33(2,3)4/h5,8-11,18-19,29,31,41H,1,6-7,14-17,20-22H2,2-4H3/q+1. The molecule has 244 valence electrons. The number of nitriles is 1. The second-order valence-electron chi connectivity index (χ2n) is 11.5. The molecule has 0 aliphatic carbocycles. The molecular weight excluding hydrogens is 614 g/mol. The van der Waals surface area contributed by atoms with Crippen LogP contribution in [0.4, 0.5) is 17.1 Å². The second kappa shape index (κ2) is 15.6. The number of nitrogens with zero attached hydrogens (tertiary/aromatic N) is 5. The van der Waals surface area contributed by atoms with E-state index in [-0.39, 0.29) is 43.9 Å². The van der Waals surface area contributed by atoms with Gasteiger partial charge in [0.15, 0.2) is 11.5 Å². The van der Waals surface area contributed by atoms with Crippen LogP contribution in [0.2, 0.25) is 0 Å². The summed E-state index contributed by atoms with van der Waals surface area (Å²) in [6.07, 6.45) is 0.0316. The van der Waals surface area contributed by atoms with Crippen LogP contribution in [0, 0.1) is 17.4 Å². The van der Waals surface area contributed by atoms with E-state index in [0.717, 1.165) is 5.69 Å². The normalized spacial score (nSPS) is 15.6. The zero-order chi connectivity index (χ0) is 33.3. The van der Waals surface area contributed by atoms with Gasteiger partial charge in [0, 0.05) is 36.6 Å². The van der Waals surface area contributed by atoms with E-state index in [1.54, 1.807) is 23.1 Å². The van der Waals surface area contributed by atoms with Gasteiger partial charge in [-0.3, -0.25) is 9.59 Å². The predicted octanol–water partition coefficient (Wildman–Crippen LogP) is 4.54. The van der Waals surface area contributed by atoms with Gasteiger partial charge in [0.25, 0.3) is 6.07 Å². The van der Waals surface area contributed by atoms with Crippen molar-refractivity contribution in [1.29, 1.82) is 5.26 Å². The number of benzene rings is 2. The van der Waals surface area contributed by atoms with Gasteiger partial charge in [-0.15, -0.1) is 11.6 Å². The van der Waals surface area contributed by atoms with Crippen molar-refractivity contribution < 1.29 is 33.6 Å². The fraction of sp³-hybridized carbons (Fsp3) is 0.455. The van der Waals surface area contributed by atoms with E-state index >= 15 is 0 Å². The minimum Gasteiger partial charge on any atom is -0.489 e. The Morgan fingerprint density at radius 1 is 1.17 bits per heavy atom. The number of hydrogen-bond acceptors (Lipinski definition) is 10. The fourth-order valence-corrected chi connectivity index (χ4v) is 5.10. The highest BCUT2D eigenvalue weighted by atomic mass is 35.5. The minimum absolute atomic E-state index is 0.0295. The van der Waals surface area contributed by atoms with Crippen LogP contribution in [0.25, 0.3) is 4.85 Å². The van der Waals surface area contributed by atoms with Gasteiger partial charge in [-0.25, -0.2) is 0 Å². The van der Waals surface area contributed by atoms with Gasteiger partial charge in [0.05, 0.1) is 37.0 Å². The Balaban J connectivity index is 1.41. The van der Waals surface area contributed by atoms with Gasteiger partial charge < -0.3 is 38.8 Å². The van der Waals surface area contributed by atoms with Crippen molar-refractivity contribution in [2.24, 2.45) is 0 Å². The molecule has 1 N–H and O–H groups in total. The topological polar surface area (TPSA) is 129 Å². The molecule has 0 radical (unpaired) electrons. The number of halogens is 1. The first-order valence-corrected chi connectivity index (χ1v) is 15.5. The Morgan fingerprint density at radius 3 is 2.65 bits per heavy atom. The summed E-state index contributed by atoms with van der Waals surface area (Å²) < 4.78 is 23.2. The summed E-state index contributed by atoms with van der Waals surface area (Å²) in [6.45, 7) is 10.8. The van der Waals surface area contributed by atoms with Crippen LogP contribution >= 0.6 is 11.6 Å². The van der Waals surface area contributed by atoms with E-state index in [0.29, 0.717) is 54.7 Å². The Labute approximate surface area is 274 Å². The van der Waals surface area contributed by atoms with Crippen LogP contribution in [-0.2, 0) is 14.3 Å². The molecule has 2 atom stereocenters. The highest BCUT2D eigenvalue weighted by molar-refractivity contribution is 6.18. The molecule has 2 unspecified atom stereocenters. The number of alkyl halides is 1. The molecule has 0 fully saturated rings. The largest absolute Gasteiger partial charge is 0.489 e. The van der Waals surface area contributed by atoms with Crippen LogP contribution in [0.1, 0.15) is 33.6 Å². The van der Waals surface area contributed by atoms with Gasteiger partial charge in [-0.2, -0.15) is 5.26 Å². The van der Waals surface area contributed by atoms with Gasteiger partial charge in [-0.1, -0.05) is 6.58 Å². The van der Waals surface area contributed by atoms with Crippen LogP contribution < -0.4 is 28.9 Å². The first kappa shape index (κ1) is 34.2. The predicted molar refractivity (Wildman–Crippen MR) is 175 cm³/mol. The fourth-order valence-electron chi connectivity index (χ4n) is 4.93. The Hall–Kier alpha value is -4.65. The van der Waals surface area contributed by atoms with Crippen molar-refractivity contribution in [3.63, 3.8) is 0 Å². The molecule has 2 aromatic rings. The Kier molecular flexibility index (Phi) is 11.6. The Bertz CT molecular complexity index is 1530. The summed E-state index contributed by atoms with van der Waals surface area (Å²) in [6, 6.07) is 15.6. The molecule has 0 aromatic heterocycles. The molecule has 2 aromatic carbocycles. The smallest absolute Gasteiger partial charge is 0.447 e. The number of carbonyl (C=O) groups excluding carboxylic acids is 2. The molecule has 0 saturated carbocycles. The van der Waals surface area contributed by atoms with Crippen LogP contribution in [0.15, 0.2) is 49.1 Å². The van der Waals surface area contributed by atoms with E-state index in [1.165, 1.54) is 11.0 Å². The molecule has 2 heterocycles. The highest BCUT2D eigenvalue weighted by Gasteiger charge is 2.29. The monoisotopic (exact) mass is 652 g/mol. The molecule has 0 bridgehead atoms. The van der Waals surface area contributed by atoms with Gasteiger partial charge >= 0.3 is 12.2 Å². The second-order valence-corrected chi connectivity index (χ2v) is 11.8. The quantitative estimate of drug-likeness (QED) is 0.160. The average molecular weight is 653 g/mol. The molecular formula is C33H39ClN5O7+. The molecule has 4 rings (SSSR count). The lowest BCUT2D eigenvalue weighted by Crippen LogP contribution is -2.40. The number of anilines is 3. The third-order valence-electron chi connectivity index (χ3n) is 6.94. The lowest BCUT2D eigenvalue weighted by molar-refractivity contribution is -0.153. The van der Waals surface area contributed by atoms with Crippen LogP contribution in [0.5, 0.6) is 17.2 Å². The van der Waals surface area contributed by atoms with Crippen molar-refractivity contribution >= 4 is 40.5 Å². The third kappa shape index (κ3) is 8.96.